The fourth-order valence-corrected chi connectivity index (χ4v) is 6.58. The Hall–Kier alpha value is -2.97. The van der Waals surface area contributed by atoms with Gasteiger partial charge in [0.25, 0.3) is 5.56 Å². The van der Waals surface area contributed by atoms with Gasteiger partial charge in [0, 0.05) is 23.8 Å². The predicted octanol–water partition coefficient (Wildman–Crippen LogP) is 1.34. The Kier molecular flexibility index (Phi) is 8.90. The quantitative estimate of drug-likeness (QED) is 0.196. The van der Waals surface area contributed by atoms with E-state index in [9.17, 15) is 24.6 Å². The maximum Gasteiger partial charge on any atom is 0.330 e. The van der Waals surface area contributed by atoms with Crippen molar-refractivity contribution in [3.05, 3.63) is 69.6 Å². The molecule has 3 heterocycles. The van der Waals surface area contributed by atoms with Gasteiger partial charge in [-0.1, -0.05) is 6.07 Å². The summed E-state index contributed by atoms with van der Waals surface area (Å²) >= 11 is 5.78. The zero-order valence-electron chi connectivity index (χ0n) is 22.2. The lowest BCUT2D eigenvalue weighted by Crippen LogP contribution is -2.47. The van der Waals surface area contributed by atoms with Crippen molar-refractivity contribution in [2.45, 2.75) is 63.9 Å². The highest BCUT2D eigenvalue weighted by molar-refractivity contribution is 8.09. The monoisotopic (exact) mass is 594 g/mol. The zero-order valence-corrected chi connectivity index (χ0v) is 23.9. The number of rotatable bonds is 10. The summed E-state index contributed by atoms with van der Waals surface area (Å²) in [6, 6.07) is 8.90. The Morgan fingerprint density at radius 2 is 2.02 bits per heavy atom. The molecule has 2 aromatic heterocycles. The van der Waals surface area contributed by atoms with Crippen molar-refractivity contribution in [2.75, 3.05) is 6.61 Å². The fourth-order valence-electron chi connectivity index (χ4n) is 4.16. The minimum absolute atomic E-state index is 0.350. The number of ether oxygens (including phenoxy) is 2. The number of esters is 1. The van der Waals surface area contributed by atoms with Gasteiger partial charge in [-0.05, 0) is 63.8 Å². The third-order valence-electron chi connectivity index (χ3n) is 6.15. The van der Waals surface area contributed by atoms with Gasteiger partial charge >= 0.3 is 18.3 Å². The van der Waals surface area contributed by atoms with Gasteiger partial charge < -0.3 is 28.7 Å². The van der Waals surface area contributed by atoms with Crippen LogP contribution in [-0.2, 0) is 30.6 Å². The third-order valence-corrected chi connectivity index (χ3v) is 8.63. The number of carbonyl (C=O) groups is 1. The molecule has 6 atom stereocenters. The van der Waals surface area contributed by atoms with Gasteiger partial charge in [0.05, 0.1) is 18.2 Å². The smallest absolute Gasteiger partial charge is 0.330 e. The first kappa shape index (κ1) is 30.0. The molecule has 1 fully saturated rings. The molecule has 1 unspecified atom stereocenters. The second-order valence-corrected chi connectivity index (χ2v) is 12.9. The van der Waals surface area contributed by atoms with Gasteiger partial charge in [-0.3, -0.25) is 24.1 Å². The standard InChI is InChI=1S/C25H31N4O9PS/c1-14(2)36-22(32)15(3)28-39(40,38-18-9-5-8-17-16(18)7-6-11-26-17)35-13-19-21(31)25(4,34)23(37-19)29-12-10-20(30)27-24(29)33/h5-12,14-15,19,21,23,31,34H,13H2,1-4H3,(H,28,40)(H,27,30,33)/t15-,19+,21+,23+,25+,39?/m0/s1. The van der Waals surface area contributed by atoms with Crippen LogP contribution in [-0.4, -0.2) is 67.3 Å². The lowest BCUT2D eigenvalue weighted by Gasteiger charge is -2.29. The molecule has 1 saturated heterocycles. The molecule has 4 rings (SSSR count). The molecule has 1 aromatic carbocycles. The Bertz CT molecular complexity index is 1540. The summed E-state index contributed by atoms with van der Waals surface area (Å²) in [4.78, 5) is 42.8. The molecule has 0 aliphatic carbocycles. The van der Waals surface area contributed by atoms with Crippen LogP contribution in [0.25, 0.3) is 10.9 Å². The Balaban J connectivity index is 1.60. The van der Waals surface area contributed by atoms with E-state index in [1.807, 2.05) is 0 Å². The van der Waals surface area contributed by atoms with Crippen LogP contribution in [0.4, 0.5) is 0 Å². The van der Waals surface area contributed by atoms with Gasteiger partial charge in [-0.25, -0.2) is 9.88 Å². The molecular formula is C25H31N4O9PS. The zero-order chi connectivity index (χ0) is 29.2. The Morgan fingerprint density at radius 1 is 1.27 bits per heavy atom. The lowest BCUT2D eigenvalue weighted by molar-refractivity contribution is -0.149. The number of nitrogens with one attached hydrogen (secondary N) is 2. The van der Waals surface area contributed by atoms with E-state index in [0.717, 1.165) is 16.8 Å². The molecule has 3 aromatic rings. The summed E-state index contributed by atoms with van der Waals surface area (Å²) < 4.78 is 24.3. The molecule has 1 aliphatic rings. The van der Waals surface area contributed by atoms with Gasteiger partial charge in [0.15, 0.2) is 6.23 Å². The fraction of sp³-hybridized carbons (Fsp3) is 0.440. The lowest BCUT2D eigenvalue weighted by atomic mass is 9.96. The number of H-pyrrole nitrogens is 1. The van der Waals surface area contributed by atoms with E-state index in [1.165, 1.54) is 6.92 Å². The number of nitrogens with zero attached hydrogens (tertiary/aromatic N) is 2. The van der Waals surface area contributed by atoms with E-state index in [2.05, 4.69) is 15.1 Å². The van der Waals surface area contributed by atoms with Crippen LogP contribution in [0.5, 0.6) is 5.75 Å². The molecule has 13 nitrogen and oxygen atoms in total. The molecule has 4 N–H and O–H groups in total. The van der Waals surface area contributed by atoms with Crippen LogP contribution in [0.15, 0.2) is 58.4 Å². The third kappa shape index (κ3) is 6.50. The average Bonchev–Trinajstić information content (AvgIpc) is 3.11. The van der Waals surface area contributed by atoms with Crippen LogP contribution < -0.4 is 20.9 Å². The van der Waals surface area contributed by atoms with Crippen LogP contribution >= 0.6 is 6.64 Å². The van der Waals surface area contributed by atoms with E-state index in [-0.39, 0.29) is 12.7 Å². The minimum atomic E-state index is -3.56. The number of pyridine rings is 1. The minimum Gasteiger partial charge on any atom is -0.462 e. The number of aliphatic hydroxyl groups is 2. The summed E-state index contributed by atoms with van der Waals surface area (Å²) in [7, 11) is 0. The summed E-state index contributed by atoms with van der Waals surface area (Å²) in [5.74, 6) is -0.225. The highest BCUT2D eigenvalue weighted by atomic mass is 32.5. The molecule has 216 valence electrons. The van der Waals surface area contributed by atoms with Gasteiger partial charge in [0.2, 0.25) is 0 Å². The number of aromatic amines is 1. The van der Waals surface area contributed by atoms with Crippen LogP contribution in [0.3, 0.4) is 0 Å². The van der Waals surface area contributed by atoms with Crippen molar-refractivity contribution in [3.8, 4) is 5.75 Å². The maximum absolute atomic E-state index is 12.6. The first-order valence-electron chi connectivity index (χ1n) is 12.4. The Labute approximate surface area is 234 Å². The van der Waals surface area contributed by atoms with Crippen molar-refractivity contribution < 1.29 is 33.5 Å². The Morgan fingerprint density at radius 3 is 2.73 bits per heavy atom. The van der Waals surface area contributed by atoms with Crippen molar-refractivity contribution in [3.63, 3.8) is 0 Å². The SMILES string of the molecule is CC(C)OC(=O)[C@H](C)NP(=S)(OC[C@H]1O[C@@H](n2ccc(=O)[nH]c2=O)[C@](C)(O)[C@@H]1O)Oc1cccc2ncccc12. The summed E-state index contributed by atoms with van der Waals surface area (Å²) in [5, 5.41) is 25.5. The normalized spacial score (nSPS) is 25.0. The summed E-state index contributed by atoms with van der Waals surface area (Å²) in [6.07, 6.45) is -1.62. The highest BCUT2D eigenvalue weighted by Gasteiger charge is 2.54. The van der Waals surface area contributed by atoms with E-state index >= 15 is 0 Å². The van der Waals surface area contributed by atoms with Crippen molar-refractivity contribution in [1.29, 1.82) is 0 Å². The number of fused-ring (bicyclic) bond motifs is 1. The number of benzene rings is 1. The molecular weight excluding hydrogens is 563 g/mol. The maximum atomic E-state index is 12.6. The molecule has 0 radical (unpaired) electrons. The molecule has 0 spiro atoms. The van der Waals surface area contributed by atoms with Crippen molar-refractivity contribution in [1.82, 2.24) is 19.6 Å². The van der Waals surface area contributed by atoms with E-state index in [1.54, 1.807) is 57.3 Å². The van der Waals surface area contributed by atoms with Gasteiger partial charge in [-0.15, -0.1) is 0 Å². The molecule has 0 amide bonds. The van der Waals surface area contributed by atoms with Crippen LogP contribution in [0.1, 0.15) is 33.9 Å². The molecule has 40 heavy (non-hydrogen) atoms. The summed E-state index contributed by atoms with van der Waals surface area (Å²) in [6.45, 7) is 2.32. The highest BCUT2D eigenvalue weighted by Crippen LogP contribution is 2.48. The first-order valence-corrected chi connectivity index (χ1v) is 15.1. The second kappa shape index (κ2) is 11.9. The molecule has 0 bridgehead atoms. The van der Waals surface area contributed by atoms with E-state index < -0.39 is 53.9 Å². The predicted molar refractivity (Wildman–Crippen MR) is 148 cm³/mol. The number of aliphatic hydroxyl groups excluding tert-OH is 1. The van der Waals surface area contributed by atoms with Gasteiger partial charge in [0.1, 0.15) is 29.6 Å². The van der Waals surface area contributed by atoms with Crippen molar-refractivity contribution in [2.24, 2.45) is 0 Å². The van der Waals surface area contributed by atoms with E-state index in [4.69, 9.17) is 30.3 Å². The summed E-state index contributed by atoms with van der Waals surface area (Å²) in [5.41, 5.74) is -2.75. The topological polar surface area (TPSA) is 174 Å². The second-order valence-electron chi connectivity index (χ2n) is 9.76. The number of hydrogen-bond acceptors (Lipinski definition) is 11. The van der Waals surface area contributed by atoms with E-state index in [0.29, 0.717) is 16.7 Å². The average molecular weight is 595 g/mol. The first-order chi connectivity index (χ1) is 18.8. The molecule has 0 saturated carbocycles. The van der Waals surface area contributed by atoms with Crippen LogP contribution in [0, 0.1) is 0 Å². The molecule has 1 aliphatic heterocycles. The van der Waals surface area contributed by atoms with Crippen molar-refractivity contribution >= 4 is 35.3 Å². The largest absolute Gasteiger partial charge is 0.462 e. The number of carbonyl (C=O) groups excluding carboxylic acids is 1. The van der Waals surface area contributed by atoms with Crippen LogP contribution in [0.2, 0.25) is 0 Å². The van der Waals surface area contributed by atoms with Gasteiger partial charge in [-0.2, -0.15) is 0 Å². The number of hydrogen-bond donors (Lipinski definition) is 4. The number of aromatic nitrogens is 3. The molecule has 15 heteroatoms.